The van der Waals surface area contributed by atoms with Crippen LogP contribution in [0.2, 0.25) is 0 Å². The van der Waals surface area contributed by atoms with Crippen molar-refractivity contribution in [2.24, 2.45) is 5.92 Å². The Balaban J connectivity index is 1.28. The zero-order valence-electron chi connectivity index (χ0n) is 22.8. The number of piperidine rings is 1. The first-order valence-electron chi connectivity index (χ1n) is 13.3. The van der Waals surface area contributed by atoms with Crippen LogP contribution in [-0.4, -0.2) is 58.4 Å². The zero-order chi connectivity index (χ0) is 28.4. The summed E-state index contributed by atoms with van der Waals surface area (Å²) < 4.78 is 38.5. The first-order valence-corrected chi connectivity index (χ1v) is 14.7. The molecular formula is C30H33N3O6S. The third-order valence-electron chi connectivity index (χ3n) is 7.59. The molecule has 5 rings (SSSR count). The molecule has 1 fully saturated rings. The molecule has 1 atom stereocenters. The van der Waals surface area contributed by atoms with E-state index in [4.69, 9.17) is 9.47 Å². The molecule has 1 N–H and O–H groups in total. The van der Waals surface area contributed by atoms with Gasteiger partial charge in [-0.15, -0.1) is 0 Å². The number of rotatable bonds is 7. The van der Waals surface area contributed by atoms with Crippen LogP contribution in [0, 0.1) is 12.8 Å². The Morgan fingerprint density at radius 2 is 1.73 bits per heavy atom. The molecule has 210 valence electrons. The molecule has 0 aliphatic carbocycles. The van der Waals surface area contributed by atoms with Crippen molar-refractivity contribution in [2.75, 3.05) is 44.1 Å². The number of carbonyl (C=O) groups excluding carboxylic acids is 2. The number of hydrogen-bond acceptors (Lipinski definition) is 6. The Hall–Kier alpha value is -3.89. The van der Waals surface area contributed by atoms with Crippen LogP contribution in [0.4, 0.5) is 11.4 Å². The molecule has 3 aromatic rings. The van der Waals surface area contributed by atoms with Gasteiger partial charge in [-0.1, -0.05) is 6.07 Å². The number of nitrogens with one attached hydrogen (secondary N) is 1. The van der Waals surface area contributed by atoms with Crippen LogP contribution >= 0.6 is 0 Å². The molecule has 1 unspecified atom stereocenters. The molecule has 10 heteroatoms. The highest BCUT2D eigenvalue weighted by Gasteiger charge is 2.34. The van der Waals surface area contributed by atoms with Gasteiger partial charge in [0.15, 0.2) is 0 Å². The lowest BCUT2D eigenvalue weighted by Crippen LogP contribution is -2.43. The maximum atomic E-state index is 13.4. The Bertz CT molecular complexity index is 1540. The van der Waals surface area contributed by atoms with Gasteiger partial charge in [0.1, 0.15) is 11.5 Å². The second-order valence-corrected chi connectivity index (χ2v) is 12.0. The van der Waals surface area contributed by atoms with Crippen LogP contribution in [0.15, 0.2) is 65.6 Å². The summed E-state index contributed by atoms with van der Waals surface area (Å²) in [4.78, 5) is 28.4. The quantitative estimate of drug-likeness (QED) is 0.461. The van der Waals surface area contributed by atoms with Crippen molar-refractivity contribution < 1.29 is 27.5 Å². The third-order valence-corrected chi connectivity index (χ3v) is 9.45. The molecule has 3 aromatic carbocycles. The second-order valence-electron chi connectivity index (χ2n) is 10.1. The summed E-state index contributed by atoms with van der Waals surface area (Å²) in [5.41, 5.74) is 3.65. The number of benzene rings is 3. The van der Waals surface area contributed by atoms with E-state index in [0.717, 1.165) is 23.2 Å². The third kappa shape index (κ3) is 5.41. The van der Waals surface area contributed by atoms with Gasteiger partial charge in [0, 0.05) is 36.6 Å². The molecule has 0 radical (unpaired) electrons. The van der Waals surface area contributed by atoms with E-state index >= 15 is 0 Å². The van der Waals surface area contributed by atoms with E-state index in [1.165, 1.54) is 10.4 Å². The largest absolute Gasteiger partial charge is 0.497 e. The van der Waals surface area contributed by atoms with Crippen molar-refractivity contribution in [2.45, 2.75) is 31.1 Å². The Labute approximate surface area is 234 Å². The molecular weight excluding hydrogens is 530 g/mol. The molecule has 2 aliphatic rings. The molecule has 0 bridgehead atoms. The minimum atomic E-state index is -3.76. The molecule has 2 heterocycles. The van der Waals surface area contributed by atoms with E-state index in [0.29, 0.717) is 48.7 Å². The van der Waals surface area contributed by atoms with E-state index in [1.54, 1.807) is 62.4 Å². The first kappa shape index (κ1) is 27.7. The van der Waals surface area contributed by atoms with Crippen molar-refractivity contribution in [3.05, 3.63) is 77.4 Å². The van der Waals surface area contributed by atoms with Crippen LogP contribution in [0.5, 0.6) is 11.5 Å². The average Bonchev–Trinajstić information content (AvgIpc) is 3.40. The zero-order valence-corrected chi connectivity index (χ0v) is 23.7. The Morgan fingerprint density at radius 1 is 0.950 bits per heavy atom. The van der Waals surface area contributed by atoms with Crippen LogP contribution in [0.3, 0.4) is 0 Å². The molecule has 1 saturated heterocycles. The van der Waals surface area contributed by atoms with Gasteiger partial charge in [-0.05, 0) is 91.9 Å². The van der Waals surface area contributed by atoms with Crippen LogP contribution in [-0.2, 0) is 21.2 Å². The van der Waals surface area contributed by atoms with E-state index in [1.807, 2.05) is 18.2 Å². The highest BCUT2D eigenvalue weighted by atomic mass is 32.2. The first-order chi connectivity index (χ1) is 19.2. The second kappa shape index (κ2) is 11.3. The highest BCUT2D eigenvalue weighted by Crippen LogP contribution is 2.33. The topological polar surface area (TPSA) is 105 Å². The molecule has 9 nitrogen and oxygen atoms in total. The van der Waals surface area contributed by atoms with Crippen LogP contribution in [0.1, 0.15) is 34.3 Å². The number of sulfonamides is 1. The number of aryl methyl sites for hydroxylation is 1. The van der Waals surface area contributed by atoms with Gasteiger partial charge in [-0.25, -0.2) is 8.42 Å². The summed E-state index contributed by atoms with van der Waals surface area (Å²) in [7, 11) is -0.637. The summed E-state index contributed by atoms with van der Waals surface area (Å²) in [6, 6.07) is 17.3. The van der Waals surface area contributed by atoms with Crippen molar-refractivity contribution in [3.8, 4) is 11.5 Å². The van der Waals surface area contributed by atoms with Crippen molar-refractivity contribution >= 4 is 33.2 Å². The Morgan fingerprint density at radius 3 is 2.42 bits per heavy atom. The highest BCUT2D eigenvalue weighted by molar-refractivity contribution is 7.89. The molecule has 2 aliphatic heterocycles. The normalized spacial score (nSPS) is 17.3. The summed E-state index contributed by atoms with van der Waals surface area (Å²) >= 11 is 0. The summed E-state index contributed by atoms with van der Waals surface area (Å²) in [5, 5.41) is 2.96. The fraction of sp³-hybridized carbons (Fsp3) is 0.333. The molecule has 0 spiro atoms. The van der Waals surface area contributed by atoms with E-state index < -0.39 is 15.9 Å². The average molecular weight is 564 g/mol. The standard InChI is InChI=1S/C30H33N3O6S/c1-20-17-26(12-13-28(20)39-3)40(36,37)32-15-4-5-23(19-32)29(34)31-24-9-6-21-14-16-33(27(21)18-24)30(35)22-7-10-25(38-2)11-8-22/h6-13,17-18,23H,4-5,14-16,19H2,1-3H3,(H,31,34). The van der Waals surface area contributed by atoms with E-state index in [2.05, 4.69) is 5.32 Å². The van der Waals surface area contributed by atoms with Crippen molar-refractivity contribution in [1.29, 1.82) is 0 Å². The van der Waals surface area contributed by atoms with Gasteiger partial charge in [0.25, 0.3) is 5.91 Å². The maximum Gasteiger partial charge on any atom is 0.258 e. The predicted octanol–water partition coefficient (Wildman–Crippen LogP) is 4.25. The fourth-order valence-electron chi connectivity index (χ4n) is 5.34. The van der Waals surface area contributed by atoms with E-state index in [-0.39, 0.29) is 23.3 Å². The number of methoxy groups -OCH3 is 2. The van der Waals surface area contributed by atoms with Gasteiger partial charge in [-0.3, -0.25) is 9.59 Å². The lowest BCUT2D eigenvalue weighted by molar-refractivity contribution is -0.120. The molecule has 0 aromatic heterocycles. The molecule has 2 amide bonds. The number of hydrogen-bond donors (Lipinski definition) is 1. The summed E-state index contributed by atoms with van der Waals surface area (Å²) in [6.45, 7) is 2.81. The smallest absolute Gasteiger partial charge is 0.258 e. The van der Waals surface area contributed by atoms with Gasteiger partial charge < -0.3 is 19.7 Å². The minimum Gasteiger partial charge on any atom is -0.497 e. The predicted molar refractivity (Wildman–Crippen MR) is 153 cm³/mol. The van der Waals surface area contributed by atoms with Crippen LogP contribution < -0.4 is 19.7 Å². The number of anilines is 2. The molecule has 40 heavy (non-hydrogen) atoms. The summed E-state index contributed by atoms with van der Waals surface area (Å²) in [6.07, 6.45) is 1.90. The minimum absolute atomic E-state index is 0.103. The lowest BCUT2D eigenvalue weighted by Gasteiger charge is -2.31. The number of amides is 2. The monoisotopic (exact) mass is 563 g/mol. The number of ether oxygens (including phenoxy) is 2. The lowest BCUT2D eigenvalue weighted by atomic mass is 9.98. The molecule has 0 saturated carbocycles. The SMILES string of the molecule is COc1ccc(C(=O)N2CCc3ccc(NC(=O)C4CCCN(S(=O)(=O)c5ccc(OC)c(C)c5)C4)cc32)cc1. The van der Waals surface area contributed by atoms with E-state index in [9.17, 15) is 18.0 Å². The van der Waals surface area contributed by atoms with Gasteiger partial charge in [0.05, 0.1) is 25.0 Å². The van der Waals surface area contributed by atoms with Crippen molar-refractivity contribution in [3.63, 3.8) is 0 Å². The summed E-state index contributed by atoms with van der Waals surface area (Å²) in [5.74, 6) is 0.446. The van der Waals surface area contributed by atoms with Gasteiger partial charge in [-0.2, -0.15) is 4.31 Å². The van der Waals surface area contributed by atoms with Crippen molar-refractivity contribution in [1.82, 2.24) is 4.31 Å². The Kier molecular flexibility index (Phi) is 7.82. The fourth-order valence-corrected chi connectivity index (χ4v) is 6.95. The van der Waals surface area contributed by atoms with Gasteiger partial charge in [0.2, 0.25) is 15.9 Å². The van der Waals surface area contributed by atoms with Crippen LogP contribution in [0.25, 0.3) is 0 Å². The maximum absolute atomic E-state index is 13.4. The van der Waals surface area contributed by atoms with Gasteiger partial charge >= 0.3 is 0 Å². The number of carbonyl (C=O) groups is 2. The number of nitrogens with zero attached hydrogens (tertiary/aromatic N) is 2. The number of fused-ring (bicyclic) bond motifs is 1.